The van der Waals surface area contributed by atoms with E-state index < -0.39 is 0 Å². The third-order valence-electron chi connectivity index (χ3n) is 8.13. The number of aromatic hydroxyl groups is 2. The number of benzene rings is 2. The SMILES string of the molecule is COc1c(O)c(CN(Cc2ccc(CNCc3ccccn3)cc2)C2CCCCc3cccnc32)c(O)c2c1C2. The molecule has 40 heavy (non-hydrogen) atoms. The van der Waals surface area contributed by atoms with Crippen molar-refractivity contribution in [3.05, 3.63) is 112 Å². The second-order valence-electron chi connectivity index (χ2n) is 10.8. The van der Waals surface area contributed by atoms with Crippen molar-refractivity contribution in [1.29, 1.82) is 0 Å². The molecule has 0 radical (unpaired) electrons. The van der Waals surface area contributed by atoms with E-state index in [1.54, 1.807) is 7.11 Å². The van der Waals surface area contributed by atoms with E-state index in [9.17, 15) is 10.2 Å². The van der Waals surface area contributed by atoms with Crippen molar-refractivity contribution < 1.29 is 14.9 Å². The number of phenolic OH excluding ortho intramolecular Hbond substituents is 2. The van der Waals surface area contributed by atoms with Crippen LogP contribution in [0.1, 0.15) is 70.1 Å². The predicted molar refractivity (Wildman–Crippen MR) is 154 cm³/mol. The molecule has 4 aromatic rings. The number of aryl methyl sites for hydroxylation is 1. The Bertz CT molecular complexity index is 1470. The number of hydrogen-bond donors (Lipinski definition) is 3. The first kappa shape index (κ1) is 26.3. The Kier molecular flexibility index (Phi) is 7.66. The number of nitrogens with one attached hydrogen (secondary N) is 1. The summed E-state index contributed by atoms with van der Waals surface area (Å²) in [5.74, 6) is 0.734. The first-order valence-corrected chi connectivity index (χ1v) is 14.1. The number of phenols is 2. The van der Waals surface area contributed by atoms with Gasteiger partial charge in [-0.05, 0) is 54.2 Å². The summed E-state index contributed by atoms with van der Waals surface area (Å²) >= 11 is 0. The van der Waals surface area contributed by atoms with Crippen molar-refractivity contribution >= 4 is 0 Å². The van der Waals surface area contributed by atoms with Gasteiger partial charge in [-0.3, -0.25) is 14.9 Å². The summed E-state index contributed by atoms with van der Waals surface area (Å²) < 4.78 is 5.52. The van der Waals surface area contributed by atoms with Gasteiger partial charge in [-0.1, -0.05) is 42.8 Å². The molecule has 0 bridgehead atoms. The van der Waals surface area contributed by atoms with E-state index in [2.05, 4.69) is 45.5 Å². The summed E-state index contributed by atoms with van der Waals surface area (Å²) in [6.45, 7) is 2.55. The summed E-state index contributed by atoms with van der Waals surface area (Å²) in [6.07, 6.45) is 8.58. The lowest BCUT2D eigenvalue weighted by Crippen LogP contribution is -2.29. The second kappa shape index (κ2) is 11.7. The fourth-order valence-corrected chi connectivity index (χ4v) is 5.94. The summed E-state index contributed by atoms with van der Waals surface area (Å²) in [6, 6.07) is 18.9. The van der Waals surface area contributed by atoms with Gasteiger partial charge in [-0.15, -0.1) is 0 Å². The molecule has 7 nitrogen and oxygen atoms in total. The molecule has 0 saturated heterocycles. The molecule has 2 aliphatic carbocycles. The smallest absolute Gasteiger partial charge is 0.166 e. The molecule has 3 N–H and O–H groups in total. The molecule has 0 amide bonds. The minimum Gasteiger partial charge on any atom is -0.507 e. The van der Waals surface area contributed by atoms with Crippen molar-refractivity contribution in [3.8, 4) is 17.2 Å². The molecule has 0 fully saturated rings. The van der Waals surface area contributed by atoms with Gasteiger partial charge in [0.05, 0.1) is 30.1 Å². The second-order valence-corrected chi connectivity index (χ2v) is 10.8. The zero-order valence-electron chi connectivity index (χ0n) is 22.9. The minimum atomic E-state index is 0.0467. The Morgan fingerprint density at radius 2 is 1.70 bits per heavy atom. The van der Waals surface area contributed by atoms with Crippen molar-refractivity contribution in [2.75, 3.05) is 7.11 Å². The first-order valence-electron chi connectivity index (χ1n) is 14.1. The maximum Gasteiger partial charge on any atom is 0.166 e. The number of rotatable bonds is 10. The van der Waals surface area contributed by atoms with Crippen molar-refractivity contribution in [3.63, 3.8) is 0 Å². The highest BCUT2D eigenvalue weighted by Crippen LogP contribution is 2.52. The zero-order chi connectivity index (χ0) is 27.5. The molecule has 7 heteroatoms. The lowest BCUT2D eigenvalue weighted by atomic mass is 10.0. The van der Waals surface area contributed by atoms with Crippen LogP contribution in [0.5, 0.6) is 17.2 Å². The molecule has 1 atom stereocenters. The van der Waals surface area contributed by atoms with Gasteiger partial charge in [0.15, 0.2) is 11.5 Å². The zero-order valence-corrected chi connectivity index (χ0v) is 22.9. The van der Waals surface area contributed by atoms with E-state index in [1.807, 2.05) is 36.7 Å². The molecule has 2 aliphatic rings. The van der Waals surface area contributed by atoms with Crippen LogP contribution in [0.4, 0.5) is 0 Å². The van der Waals surface area contributed by atoms with Gasteiger partial charge < -0.3 is 20.3 Å². The Balaban J connectivity index is 1.25. The predicted octanol–water partition coefficient (Wildman–Crippen LogP) is 5.56. The maximum absolute atomic E-state index is 11.1. The molecule has 6 rings (SSSR count). The van der Waals surface area contributed by atoms with Gasteiger partial charge in [-0.25, -0.2) is 0 Å². The van der Waals surface area contributed by atoms with Gasteiger partial charge in [0.2, 0.25) is 0 Å². The largest absolute Gasteiger partial charge is 0.507 e. The Labute approximate surface area is 235 Å². The fourth-order valence-electron chi connectivity index (χ4n) is 5.94. The number of nitrogens with zero attached hydrogens (tertiary/aromatic N) is 3. The van der Waals surface area contributed by atoms with Crippen molar-refractivity contribution in [1.82, 2.24) is 20.2 Å². The number of aromatic nitrogens is 2. The van der Waals surface area contributed by atoms with E-state index >= 15 is 0 Å². The number of methoxy groups -OCH3 is 1. The molecule has 2 heterocycles. The summed E-state index contributed by atoms with van der Waals surface area (Å²) in [5.41, 5.74) is 8.11. The van der Waals surface area contributed by atoms with Gasteiger partial charge in [-0.2, -0.15) is 0 Å². The number of ether oxygens (including phenoxy) is 1. The molecular weight excluding hydrogens is 500 g/mol. The van der Waals surface area contributed by atoms with E-state index in [1.165, 1.54) is 16.7 Å². The maximum atomic E-state index is 11.1. The van der Waals surface area contributed by atoms with Gasteiger partial charge in [0, 0.05) is 56.1 Å². The molecule has 1 unspecified atom stereocenters. The van der Waals surface area contributed by atoms with Gasteiger partial charge in [0.25, 0.3) is 0 Å². The van der Waals surface area contributed by atoms with Crippen LogP contribution in [0.15, 0.2) is 67.0 Å². The average molecular weight is 537 g/mol. The number of fused-ring (bicyclic) bond motifs is 2. The highest BCUT2D eigenvalue weighted by molar-refractivity contribution is 5.70. The van der Waals surface area contributed by atoms with Gasteiger partial charge in [0.1, 0.15) is 5.75 Å². The standard InChI is InChI=1S/C33H36N4O3/c1-40-33-27-17-26(27)31(38)28(32(33)39)21-37(29-10-3-2-7-24-8-6-16-36-30(24)29)20-23-13-11-22(12-14-23)18-34-19-25-9-4-5-15-35-25/h4-6,8-9,11-16,29,34,38-39H,2-3,7,10,17-21H2,1H3. The fraction of sp³-hybridized carbons (Fsp3) is 0.333. The lowest BCUT2D eigenvalue weighted by Gasteiger charge is -2.32. The lowest BCUT2D eigenvalue weighted by molar-refractivity contribution is 0.161. The topological polar surface area (TPSA) is 90.7 Å². The van der Waals surface area contributed by atoms with Gasteiger partial charge >= 0.3 is 0 Å². The molecular formula is C33H36N4O3. The molecule has 2 aromatic carbocycles. The highest BCUT2D eigenvalue weighted by atomic mass is 16.5. The summed E-state index contributed by atoms with van der Waals surface area (Å²) in [4.78, 5) is 11.6. The quantitative estimate of drug-likeness (QED) is 0.201. The summed E-state index contributed by atoms with van der Waals surface area (Å²) in [5, 5.41) is 25.6. The molecule has 206 valence electrons. The minimum absolute atomic E-state index is 0.0467. The van der Waals surface area contributed by atoms with E-state index in [0.717, 1.165) is 61.3 Å². The van der Waals surface area contributed by atoms with E-state index in [4.69, 9.17) is 9.72 Å². The van der Waals surface area contributed by atoms with Crippen molar-refractivity contribution in [2.24, 2.45) is 0 Å². The molecule has 0 aliphatic heterocycles. The first-order chi connectivity index (χ1) is 19.6. The Morgan fingerprint density at radius 1 is 0.875 bits per heavy atom. The van der Waals surface area contributed by atoms with Crippen LogP contribution in [0, 0.1) is 0 Å². The molecule has 0 spiro atoms. The van der Waals surface area contributed by atoms with Crippen LogP contribution in [0.3, 0.4) is 0 Å². The monoisotopic (exact) mass is 536 g/mol. The third-order valence-corrected chi connectivity index (χ3v) is 8.13. The van der Waals surface area contributed by atoms with E-state index in [0.29, 0.717) is 30.8 Å². The number of hydrogen-bond acceptors (Lipinski definition) is 7. The van der Waals surface area contributed by atoms with Crippen LogP contribution in [-0.2, 0) is 39.0 Å². The van der Waals surface area contributed by atoms with Crippen LogP contribution >= 0.6 is 0 Å². The molecule has 0 saturated carbocycles. The van der Waals surface area contributed by atoms with Crippen LogP contribution in [0.25, 0.3) is 0 Å². The summed E-state index contributed by atoms with van der Waals surface area (Å²) in [7, 11) is 1.57. The third kappa shape index (κ3) is 5.53. The Hall–Kier alpha value is -3.94. The van der Waals surface area contributed by atoms with Crippen molar-refractivity contribution in [2.45, 2.75) is 64.3 Å². The average Bonchev–Trinajstić information content (AvgIpc) is 3.80. The van der Waals surface area contributed by atoms with Crippen LogP contribution in [-0.4, -0.2) is 32.2 Å². The Morgan fingerprint density at radius 3 is 2.50 bits per heavy atom. The highest BCUT2D eigenvalue weighted by Gasteiger charge is 2.35. The normalized spacial score (nSPS) is 15.8. The van der Waals surface area contributed by atoms with Crippen LogP contribution in [0.2, 0.25) is 0 Å². The van der Waals surface area contributed by atoms with Crippen LogP contribution < -0.4 is 10.1 Å². The van der Waals surface area contributed by atoms with E-state index in [-0.39, 0.29) is 17.5 Å². The number of pyridine rings is 2. The molecule has 2 aromatic heterocycles.